The maximum absolute atomic E-state index is 11.7. The van der Waals surface area contributed by atoms with Crippen molar-refractivity contribution in [3.63, 3.8) is 0 Å². The molecule has 20 heavy (non-hydrogen) atoms. The summed E-state index contributed by atoms with van der Waals surface area (Å²) in [4.78, 5) is 15.9. The molecule has 0 aromatic carbocycles. The molecular weight excluding hydrogens is 258 g/mol. The minimum Gasteiger partial charge on any atom is -0.349 e. The van der Waals surface area contributed by atoms with Gasteiger partial charge in [0.05, 0.1) is 6.54 Å². The summed E-state index contributed by atoms with van der Waals surface area (Å²) >= 11 is 0. The highest BCUT2D eigenvalue weighted by Gasteiger charge is 2.10. The molecule has 2 rings (SSSR count). The normalized spacial score (nSPS) is 10.9. The average Bonchev–Trinajstić information content (AvgIpc) is 3.07. The van der Waals surface area contributed by atoms with Crippen molar-refractivity contribution in [2.45, 2.75) is 45.7 Å². The Bertz CT molecular complexity index is 533. The lowest BCUT2D eigenvalue weighted by molar-refractivity contribution is -0.121. The Morgan fingerprint density at radius 3 is 3.00 bits per heavy atom. The Morgan fingerprint density at radius 1 is 1.50 bits per heavy atom. The van der Waals surface area contributed by atoms with Crippen LogP contribution in [0.5, 0.6) is 0 Å². The van der Waals surface area contributed by atoms with E-state index < -0.39 is 0 Å². The van der Waals surface area contributed by atoms with Crippen LogP contribution in [-0.4, -0.2) is 25.8 Å². The molecule has 2 aromatic heterocycles. The number of nitrogens with one attached hydrogen (secondary N) is 1. The van der Waals surface area contributed by atoms with Gasteiger partial charge in [-0.2, -0.15) is 10.1 Å². The van der Waals surface area contributed by atoms with Gasteiger partial charge in [-0.15, -0.1) is 0 Å². The molecule has 0 aliphatic carbocycles. The van der Waals surface area contributed by atoms with Gasteiger partial charge in [0, 0.05) is 31.3 Å². The standard InChI is InChI=1S/C13H19N5O2/c1-10(2)13-16-11(17-20-13)9-14-12(19)5-3-7-18-8-4-6-15-18/h4,6,8,10H,3,5,7,9H2,1-2H3,(H,14,19). The number of amides is 1. The van der Waals surface area contributed by atoms with E-state index in [-0.39, 0.29) is 11.8 Å². The molecular formula is C13H19N5O2. The first-order valence-electron chi connectivity index (χ1n) is 6.71. The molecule has 0 saturated heterocycles. The van der Waals surface area contributed by atoms with E-state index in [9.17, 15) is 4.79 Å². The maximum atomic E-state index is 11.7. The van der Waals surface area contributed by atoms with E-state index in [1.54, 1.807) is 10.9 Å². The first kappa shape index (κ1) is 14.2. The van der Waals surface area contributed by atoms with Crippen LogP contribution in [0, 0.1) is 0 Å². The fraction of sp³-hybridized carbons (Fsp3) is 0.538. The molecule has 1 N–H and O–H groups in total. The Hall–Kier alpha value is -2.18. The number of aryl methyl sites for hydroxylation is 1. The van der Waals surface area contributed by atoms with Crippen molar-refractivity contribution < 1.29 is 9.32 Å². The van der Waals surface area contributed by atoms with E-state index in [1.807, 2.05) is 26.1 Å². The summed E-state index contributed by atoms with van der Waals surface area (Å²) in [5, 5.41) is 10.7. The van der Waals surface area contributed by atoms with Crippen molar-refractivity contribution in [1.82, 2.24) is 25.2 Å². The maximum Gasteiger partial charge on any atom is 0.229 e. The largest absolute Gasteiger partial charge is 0.349 e. The summed E-state index contributed by atoms with van der Waals surface area (Å²) in [7, 11) is 0. The van der Waals surface area contributed by atoms with Crippen molar-refractivity contribution in [3.8, 4) is 0 Å². The molecule has 0 radical (unpaired) electrons. The molecule has 0 fully saturated rings. The summed E-state index contributed by atoms with van der Waals surface area (Å²) in [6, 6.07) is 1.86. The van der Waals surface area contributed by atoms with Crippen LogP contribution in [0.1, 0.15) is 44.3 Å². The highest BCUT2D eigenvalue weighted by Crippen LogP contribution is 2.10. The van der Waals surface area contributed by atoms with Crippen molar-refractivity contribution in [2.75, 3.05) is 0 Å². The van der Waals surface area contributed by atoms with Gasteiger partial charge in [0.15, 0.2) is 5.82 Å². The van der Waals surface area contributed by atoms with E-state index in [0.717, 1.165) is 13.0 Å². The number of rotatable bonds is 7. The lowest BCUT2D eigenvalue weighted by Crippen LogP contribution is -2.23. The van der Waals surface area contributed by atoms with Crippen LogP contribution in [0.15, 0.2) is 23.0 Å². The minimum absolute atomic E-state index is 0.0203. The monoisotopic (exact) mass is 277 g/mol. The average molecular weight is 277 g/mol. The van der Waals surface area contributed by atoms with Crippen LogP contribution >= 0.6 is 0 Å². The van der Waals surface area contributed by atoms with Crippen LogP contribution in [-0.2, 0) is 17.9 Å². The molecule has 108 valence electrons. The second-order valence-electron chi connectivity index (χ2n) is 4.85. The molecule has 1 amide bonds. The minimum atomic E-state index is -0.0203. The zero-order chi connectivity index (χ0) is 14.4. The molecule has 2 heterocycles. The molecule has 0 unspecified atom stereocenters. The van der Waals surface area contributed by atoms with Gasteiger partial charge in [0.25, 0.3) is 0 Å². The molecule has 7 heteroatoms. The van der Waals surface area contributed by atoms with E-state index >= 15 is 0 Å². The van der Waals surface area contributed by atoms with Crippen LogP contribution in [0.25, 0.3) is 0 Å². The summed E-state index contributed by atoms with van der Waals surface area (Å²) in [5.41, 5.74) is 0. The Labute approximate surface area is 117 Å². The zero-order valence-corrected chi connectivity index (χ0v) is 11.7. The third kappa shape index (κ3) is 4.18. The predicted octanol–water partition coefficient (Wildman–Crippen LogP) is 1.49. The number of carbonyl (C=O) groups excluding carboxylic acids is 1. The first-order valence-corrected chi connectivity index (χ1v) is 6.71. The smallest absolute Gasteiger partial charge is 0.229 e. The topological polar surface area (TPSA) is 85.8 Å². The summed E-state index contributed by atoms with van der Waals surface area (Å²) < 4.78 is 6.87. The van der Waals surface area contributed by atoms with Gasteiger partial charge >= 0.3 is 0 Å². The summed E-state index contributed by atoms with van der Waals surface area (Å²) in [6.45, 7) is 4.99. The molecule has 0 saturated carbocycles. The molecule has 0 aliphatic heterocycles. The molecule has 0 atom stereocenters. The number of carbonyl (C=O) groups is 1. The fourth-order valence-corrected chi connectivity index (χ4v) is 1.67. The summed E-state index contributed by atoms with van der Waals surface area (Å²) in [5.74, 6) is 1.27. The Morgan fingerprint density at radius 2 is 2.35 bits per heavy atom. The number of nitrogens with zero attached hydrogens (tertiary/aromatic N) is 4. The second-order valence-corrected chi connectivity index (χ2v) is 4.85. The van der Waals surface area contributed by atoms with Crippen molar-refractivity contribution >= 4 is 5.91 Å². The highest BCUT2D eigenvalue weighted by molar-refractivity contribution is 5.75. The van der Waals surface area contributed by atoms with Crippen LogP contribution < -0.4 is 5.32 Å². The van der Waals surface area contributed by atoms with Gasteiger partial charge in [0.2, 0.25) is 11.8 Å². The molecule has 0 bridgehead atoms. The molecule has 7 nitrogen and oxygen atoms in total. The van der Waals surface area contributed by atoms with E-state index in [4.69, 9.17) is 4.52 Å². The summed E-state index contributed by atoms with van der Waals surface area (Å²) in [6.07, 6.45) is 4.80. The van der Waals surface area contributed by atoms with E-state index in [2.05, 4.69) is 20.6 Å². The van der Waals surface area contributed by atoms with Crippen LogP contribution in [0.4, 0.5) is 0 Å². The SMILES string of the molecule is CC(C)c1nc(CNC(=O)CCCn2cccn2)no1. The van der Waals surface area contributed by atoms with Crippen molar-refractivity contribution in [3.05, 3.63) is 30.2 Å². The van der Waals surface area contributed by atoms with Gasteiger partial charge in [-0.25, -0.2) is 0 Å². The molecule has 2 aromatic rings. The Balaban J connectivity index is 1.66. The number of hydrogen-bond donors (Lipinski definition) is 1. The van der Waals surface area contributed by atoms with Gasteiger partial charge in [-0.3, -0.25) is 9.48 Å². The predicted molar refractivity (Wildman–Crippen MR) is 71.7 cm³/mol. The Kier molecular flexibility index (Phi) is 4.86. The lowest BCUT2D eigenvalue weighted by Gasteiger charge is -2.03. The molecule has 0 aliphatic rings. The van der Waals surface area contributed by atoms with Gasteiger partial charge in [-0.05, 0) is 12.5 Å². The van der Waals surface area contributed by atoms with Gasteiger partial charge in [0.1, 0.15) is 0 Å². The van der Waals surface area contributed by atoms with E-state index in [0.29, 0.717) is 24.7 Å². The van der Waals surface area contributed by atoms with Crippen molar-refractivity contribution in [2.24, 2.45) is 0 Å². The van der Waals surface area contributed by atoms with Crippen LogP contribution in [0.2, 0.25) is 0 Å². The lowest BCUT2D eigenvalue weighted by atomic mass is 10.2. The van der Waals surface area contributed by atoms with E-state index in [1.165, 1.54) is 0 Å². The van der Waals surface area contributed by atoms with Gasteiger partial charge < -0.3 is 9.84 Å². The third-order valence-electron chi connectivity index (χ3n) is 2.77. The number of hydrogen-bond acceptors (Lipinski definition) is 5. The van der Waals surface area contributed by atoms with Crippen molar-refractivity contribution in [1.29, 1.82) is 0 Å². The third-order valence-corrected chi connectivity index (χ3v) is 2.77. The van der Waals surface area contributed by atoms with Crippen LogP contribution in [0.3, 0.4) is 0 Å². The van der Waals surface area contributed by atoms with Gasteiger partial charge in [-0.1, -0.05) is 19.0 Å². The molecule has 0 spiro atoms. The zero-order valence-electron chi connectivity index (χ0n) is 11.7. The first-order chi connectivity index (χ1) is 9.65. The highest BCUT2D eigenvalue weighted by atomic mass is 16.5. The number of aromatic nitrogens is 4. The second kappa shape index (κ2) is 6.83. The fourth-order valence-electron chi connectivity index (χ4n) is 1.67. The quantitative estimate of drug-likeness (QED) is 0.828.